The molecule has 0 radical (unpaired) electrons. The van der Waals surface area contributed by atoms with Crippen LogP contribution >= 0.6 is 0 Å². The summed E-state index contributed by atoms with van der Waals surface area (Å²) in [7, 11) is -1.67. The summed E-state index contributed by atoms with van der Waals surface area (Å²) in [4.78, 5) is 14.4. The van der Waals surface area contributed by atoms with E-state index in [2.05, 4.69) is 4.90 Å². The minimum atomic E-state index is -3.13. The van der Waals surface area contributed by atoms with E-state index in [0.29, 0.717) is 4.90 Å². The van der Waals surface area contributed by atoms with Crippen molar-refractivity contribution in [1.82, 2.24) is 4.90 Å². The molecule has 1 unspecified atom stereocenters. The van der Waals surface area contributed by atoms with Gasteiger partial charge in [-0.3, -0.25) is 9.69 Å². The van der Waals surface area contributed by atoms with Crippen molar-refractivity contribution < 1.29 is 17.9 Å². The van der Waals surface area contributed by atoms with E-state index in [-0.39, 0.29) is 17.3 Å². The van der Waals surface area contributed by atoms with Gasteiger partial charge in [-0.05, 0) is 55.5 Å². The number of piperidine rings is 1. The van der Waals surface area contributed by atoms with Crippen molar-refractivity contribution in [2.45, 2.75) is 30.7 Å². The number of hydrogen-bond acceptors (Lipinski definition) is 5. The molecule has 0 aromatic heterocycles. The number of rotatable bonds is 4. The van der Waals surface area contributed by atoms with Crippen molar-refractivity contribution in [3.05, 3.63) is 29.8 Å². The predicted octanol–water partition coefficient (Wildman–Crippen LogP) is 1.87. The van der Waals surface area contributed by atoms with Crippen molar-refractivity contribution in [3.63, 3.8) is 0 Å². The molecule has 1 aromatic rings. The molecule has 1 atom stereocenters. The summed E-state index contributed by atoms with van der Waals surface area (Å²) in [5.74, 6) is 0.0403. The molecule has 1 aliphatic heterocycles. The minimum Gasteiger partial charge on any atom is -0.469 e. The normalized spacial score (nSPS) is 23.7. The highest BCUT2D eigenvalue weighted by Gasteiger charge is 2.59. The first kappa shape index (κ1) is 16.5. The molecule has 2 fully saturated rings. The number of nitrogens with zero attached hydrogens (tertiary/aromatic N) is 1. The van der Waals surface area contributed by atoms with E-state index in [4.69, 9.17) is 4.74 Å². The minimum absolute atomic E-state index is 0.0604. The third kappa shape index (κ3) is 3.43. The van der Waals surface area contributed by atoms with E-state index in [9.17, 15) is 13.2 Å². The van der Waals surface area contributed by atoms with Crippen LogP contribution in [0.1, 0.15) is 24.8 Å². The number of carbonyl (C=O) groups excluding carboxylic acids is 1. The summed E-state index contributed by atoms with van der Waals surface area (Å²) in [6, 6.07) is 7.11. The van der Waals surface area contributed by atoms with Gasteiger partial charge in [0.1, 0.15) is 0 Å². The maximum atomic E-state index is 11.6. The zero-order valence-electron chi connectivity index (χ0n) is 13.6. The fourth-order valence-electron chi connectivity index (χ4n) is 3.63. The van der Waals surface area contributed by atoms with Gasteiger partial charge in [-0.15, -0.1) is 0 Å². The lowest BCUT2D eigenvalue weighted by Gasteiger charge is -2.32. The molecule has 1 aliphatic carbocycles. The standard InChI is InChI=1S/C17H23NO4S/c1-22-16(19)15-11-17(15)7-9-18(10-8-17)12-13-3-5-14(6-4-13)23(2,20)21/h3-6,15H,7-12H2,1-2H3. The molecule has 23 heavy (non-hydrogen) atoms. The highest BCUT2D eigenvalue weighted by atomic mass is 32.2. The fourth-order valence-corrected chi connectivity index (χ4v) is 4.26. The number of carbonyl (C=O) groups is 1. The largest absolute Gasteiger partial charge is 0.469 e. The Hall–Kier alpha value is -1.40. The van der Waals surface area contributed by atoms with Gasteiger partial charge in [0.05, 0.1) is 17.9 Å². The maximum Gasteiger partial charge on any atom is 0.309 e. The smallest absolute Gasteiger partial charge is 0.309 e. The van der Waals surface area contributed by atoms with Crippen LogP contribution in [-0.2, 0) is 25.9 Å². The summed E-state index contributed by atoms with van der Waals surface area (Å²) in [6.07, 6.45) is 4.26. The lowest BCUT2D eigenvalue weighted by atomic mass is 9.90. The Bertz CT molecular complexity index is 688. The third-order valence-electron chi connectivity index (χ3n) is 5.28. The van der Waals surface area contributed by atoms with Crippen molar-refractivity contribution >= 4 is 15.8 Å². The summed E-state index contributed by atoms with van der Waals surface area (Å²) in [6.45, 7) is 2.77. The van der Waals surface area contributed by atoms with E-state index in [1.807, 2.05) is 12.1 Å². The van der Waals surface area contributed by atoms with Gasteiger partial charge in [-0.1, -0.05) is 12.1 Å². The van der Waals surface area contributed by atoms with Crippen LogP contribution in [0.15, 0.2) is 29.2 Å². The summed E-state index contributed by atoms with van der Waals surface area (Å²) in [5, 5.41) is 0. The Morgan fingerprint density at radius 2 is 1.87 bits per heavy atom. The van der Waals surface area contributed by atoms with E-state index in [1.165, 1.54) is 13.4 Å². The molecule has 1 heterocycles. The molecule has 5 nitrogen and oxygen atoms in total. The van der Waals surface area contributed by atoms with Crippen molar-refractivity contribution in [2.24, 2.45) is 11.3 Å². The Morgan fingerprint density at radius 3 is 2.39 bits per heavy atom. The van der Waals surface area contributed by atoms with Gasteiger partial charge in [-0.2, -0.15) is 0 Å². The second-order valence-electron chi connectivity index (χ2n) is 6.83. The maximum absolute atomic E-state index is 11.6. The lowest BCUT2D eigenvalue weighted by molar-refractivity contribution is -0.143. The number of likely N-dealkylation sites (tertiary alicyclic amines) is 1. The second-order valence-corrected chi connectivity index (χ2v) is 8.85. The van der Waals surface area contributed by atoms with Crippen molar-refractivity contribution in [2.75, 3.05) is 26.5 Å². The molecule has 0 N–H and O–H groups in total. The highest BCUT2D eigenvalue weighted by molar-refractivity contribution is 7.90. The molecular weight excluding hydrogens is 314 g/mol. The lowest BCUT2D eigenvalue weighted by Crippen LogP contribution is -2.35. The van der Waals surface area contributed by atoms with Gasteiger partial charge in [0.2, 0.25) is 0 Å². The summed E-state index contributed by atoms with van der Waals surface area (Å²) >= 11 is 0. The molecule has 1 spiro atoms. The molecular formula is C17H23NO4S. The molecule has 1 saturated carbocycles. The van der Waals surface area contributed by atoms with E-state index < -0.39 is 9.84 Å². The number of sulfone groups is 1. The quantitative estimate of drug-likeness (QED) is 0.785. The number of esters is 1. The van der Waals surface area contributed by atoms with Gasteiger partial charge in [0, 0.05) is 12.8 Å². The van der Waals surface area contributed by atoms with E-state index >= 15 is 0 Å². The van der Waals surface area contributed by atoms with E-state index in [1.54, 1.807) is 12.1 Å². The third-order valence-corrected chi connectivity index (χ3v) is 6.41. The van der Waals surface area contributed by atoms with Crippen LogP contribution in [0.5, 0.6) is 0 Å². The number of methoxy groups -OCH3 is 1. The first-order valence-corrected chi connectivity index (χ1v) is 9.82. The Morgan fingerprint density at radius 1 is 1.26 bits per heavy atom. The van der Waals surface area contributed by atoms with Gasteiger partial charge >= 0.3 is 5.97 Å². The van der Waals surface area contributed by atoms with Crippen molar-refractivity contribution in [1.29, 1.82) is 0 Å². The first-order valence-electron chi connectivity index (χ1n) is 7.93. The Balaban J connectivity index is 1.55. The molecule has 1 aromatic carbocycles. The first-order chi connectivity index (χ1) is 10.8. The average Bonchev–Trinajstić information content (AvgIpc) is 3.23. The van der Waals surface area contributed by atoms with Crippen LogP contribution in [0.3, 0.4) is 0 Å². The Kier molecular flexibility index (Phi) is 4.23. The van der Waals surface area contributed by atoms with Crippen LogP contribution in [0.4, 0.5) is 0 Å². The Labute approximate surface area is 137 Å². The molecule has 126 valence electrons. The molecule has 2 aliphatic rings. The zero-order chi connectivity index (χ0) is 16.7. The monoisotopic (exact) mass is 337 g/mol. The summed E-state index contributed by atoms with van der Waals surface area (Å²) < 4.78 is 27.8. The number of hydrogen-bond donors (Lipinski definition) is 0. The van der Waals surface area contributed by atoms with Crippen LogP contribution in [0.25, 0.3) is 0 Å². The highest BCUT2D eigenvalue weighted by Crippen LogP contribution is 2.59. The SMILES string of the molecule is COC(=O)C1CC12CCN(Cc1ccc(S(C)(=O)=O)cc1)CC2. The average molecular weight is 337 g/mol. The van der Waals surface area contributed by atoms with Gasteiger partial charge in [-0.25, -0.2) is 8.42 Å². The fraction of sp³-hybridized carbons (Fsp3) is 0.588. The van der Waals surface area contributed by atoms with Crippen LogP contribution < -0.4 is 0 Å². The topological polar surface area (TPSA) is 63.7 Å². The number of benzene rings is 1. The summed E-state index contributed by atoms with van der Waals surface area (Å²) in [5.41, 5.74) is 1.30. The molecule has 1 saturated heterocycles. The molecule has 3 rings (SSSR count). The van der Waals surface area contributed by atoms with Crippen LogP contribution in [0, 0.1) is 11.3 Å². The van der Waals surface area contributed by atoms with Gasteiger partial charge in [0.25, 0.3) is 0 Å². The number of ether oxygens (including phenoxy) is 1. The molecule has 6 heteroatoms. The predicted molar refractivity (Wildman–Crippen MR) is 86.6 cm³/mol. The van der Waals surface area contributed by atoms with E-state index in [0.717, 1.165) is 44.5 Å². The molecule has 0 amide bonds. The molecule has 0 bridgehead atoms. The van der Waals surface area contributed by atoms with Crippen LogP contribution in [0.2, 0.25) is 0 Å². The second kappa shape index (κ2) is 5.91. The van der Waals surface area contributed by atoms with Crippen molar-refractivity contribution in [3.8, 4) is 0 Å². The van der Waals surface area contributed by atoms with Gasteiger partial charge < -0.3 is 4.74 Å². The van der Waals surface area contributed by atoms with Crippen LogP contribution in [-0.4, -0.2) is 45.7 Å². The van der Waals surface area contributed by atoms with Gasteiger partial charge in [0.15, 0.2) is 9.84 Å². The zero-order valence-corrected chi connectivity index (χ0v) is 14.4.